The number of nitrogens with two attached hydrogens (primary N) is 2. The Bertz CT molecular complexity index is 495. The number of hydrogen-bond acceptors (Lipinski definition) is 6. The monoisotopic (exact) mass is 305 g/mol. The second-order valence-electron chi connectivity index (χ2n) is 4.78. The number of anilines is 2. The molecule has 1 fully saturated rings. The minimum absolute atomic E-state index is 0.0802. The molecule has 0 saturated carbocycles. The van der Waals surface area contributed by atoms with E-state index in [2.05, 4.69) is 4.98 Å². The number of thiazole rings is 1. The minimum atomic E-state index is -2.57. The van der Waals surface area contributed by atoms with Crippen LogP contribution in [0.1, 0.15) is 16.1 Å². The van der Waals surface area contributed by atoms with Crippen LogP contribution in [0.2, 0.25) is 0 Å². The highest BCUT2D eigenvalue weighted by molar-refractivity contribution is 7.18. The van der Waals surface area contributed by atoms with Gasteiger partial charge in [0, 0.05) is 26.2 Å². The van der Waals surface area contributed by atoms with E-state index in [0.29, 0.717) is 11.7 Å². The van der Waals surface area contributed by atoms with Gasteiger partial charge in [0.1, 0.15) is 10.7 Å². The molecule has 2 rings (SSSR count). The first kappa shape index (κ1) is 14.9. The van der Waals surface area contributed by atoms with Gasteiger partial charge in [-0.2, -0.15) is 0 Å². The number of nitrogens with zero attached hydrogens (tertiary/aromatic N) is 3. The lowest BCUT2D eigenvalue weighted by Crippen LogP contribution is -2.31. The minimum Gasteiger partial charge on any atom is -0.382 e. The summed E-state index contributed by atoms with van der Waals surface area (Å²) in [6, 6.07) is 0.0841. The topological polar surface area (TPSA) is 88.5 Å². The molecule has 0 bridgehead atoms. The van der Waals surface area contributed by atoms with Crippen molar-refractivity contribution in [2.45, 2.75) is 18.9 Å². The molecule has 9 heteroatoms. The fourth-order valence-electron chi connectivity index (χ4n) is 2.03. The summed E-state index contributed by atoms with van der Waals surface area (Å²) in [7, 11) is 1.32. The van der Waals surface area contributed by atoms with Gasteiger partial charge < -0.3 is 21.3 Å². The summed E-state index contributed by atoms with van der Waals surface area (Å²) in [6.45, 7) is 0.794. The van der Waals surface area contributed by atoms with E-state index in [9.17, 15) is 13.6 Å². The van der Waals surface area contributed by atoms with E-state index in [1.54, 1.807) is 0 Å². The van der Waals surface area contributed by atoms with Gasteiger partial charge in [0.15, 0.2) is 5.13 Å². The molecule has 1 amide bonds. The zero-order valence-electron chi connectivity index (χ0n) is 11.1. The summed E-state index contributed by atoms with van der Waals surface area (Å²) < 4.78 is 24.6. The Morgan fingerprint density at radius 2 is 2.35 bits per heavy atom. The molecule has 1 aromatic rings. The summed E-state index contributed by atoms with van der Waals surface area (Å²) in [5.74, 6) is -0.452. The van der Waals surface area contributed by atoms with Crippen LogP contribution < -0.4 is 16.4 Å². The number of hydrogen-bond donors (Lipinski definition) is 2. The lowest BCUT2D eigenvalue weighted by atomic mass is 10.3. The van der Waals surface area contributed by atoms with E-state index in [-0.39, 0.29) is 16.7 Å². The van der Waals surface area contributed by atoms with Gasteiger partial charge >= 0.3 is 0 Å². The van der Waals surface area contributed by atoms with Crippen molar-refractivity contribution in [3.63, 3.8) is 0 Å². The number of amides is 1. The number of halogens is 2. The van der Waals surface area contributed by atoms with Crippen LogP contribution in [0, 0.1) is 0 Å². The largest absolute Gasteiger partial charge is 0.382 e. The Morgan fingerprint density at radius 3 is 2.90 bits per heavy atom. The number of nitrogen functional groups attached to an aromatic ring is 1. The summed E-state index contributed by atoms with van der Waals surface area (Å²) >= 11 is 1.12. The smallest absolute Gasteiger partial charge is 0.267 e. The maximum absolute atomic E-state index is 12.3. The van der Waals surface area contributed by atoms with E-state index >= 15 is 0 Å². The first-order valence-electron chi connectivity index (χ1n) is 6.19. The molecular weight excluding hydrogens is 288 g/mol. The fourth-order valence-corrected chi connectivity index (χ4v) is 3.05. The fraction of sp³-hybridized carbons (Fsp3) is 0.636. The van der Waals surface area contributed by atoms with E-state index in [0.717, 1.165) is 29.2 Å². The van der Waals surface area contributed by atoms with Gasteiger partial charge in [-0.25, -0.2) is 13.8 Å². The quantitative estimate of drug-likeness (QED) is 0.850. The van der Waals surface area contributed by atoms with Crippen molar-refractivity contribution in [1.82, 2.24) is 9.88 Å². The summed E-state index contributed by atoms with van der Waals surface area (Å²) in [6.07, 6.45) is -1.72. The Hall–Kier alpha value is -1.48. The molecule has 0 radical (unpaired) electrons. The Labute approximate surface area is 119 Å². The van der Waals surface area contributed by atoms with Crippen molar-refractivity contribution in [2.24, 2.45) is 5.73 Å². The van der Waals surface area contributed by atoms with Crippen molar-refractivity contribution in [2.75, 3.05) is 37.3 Å². The molecule has 1 saturated heterocycles. The molecule has 1 aromatic heterocycles. The third-order valence-corrected chi connectivity index (χ3v) is 4.21. The molecule has 0 aliphatic carbocycles. The summed E-state index contributed by atoms with van der Waals surface area (Å²) in [5.41, 5.74) is 11.5. The number of rotatable bonds is 4. The van der Waals surface area contributed by atoms with Crippen LogP contribution in [-0.2, 0) is 0 Å². The van der Waals surface area contributed by atoms with Crippen LogP contribution in [0.3, 0.4) is 0 Å². The maximum Gasteiger partial charge on any atom is 0.267 e. The van der Waals surface area contributed by atoms with Gasteiger partial charge in [-0.05, 0) is 6.42 Å². The molecule has 4 N–H and O–H groups in total. The first-order chi connectivity index (χ1) is 9.38. The SMILES string of the molecule is CN(CC(F)F)C(=O)c1sc(N2CCC(N)C2)nc1N. The Kier molecular flexibility index (Phi) is 4.39. The van der Waals surface area contributed by atoms with E-state index < -0.39 is 18.9 Å². The zero-order valence-corrected chi connectivity index (χ0v) is 11.9. The first-order valence-corrected chi connectivity index (χ1v) is 7.00. The molecule has 112 valence electrons. The molecular formula is C11H17F2N5OS. The molecule has 1 aliphatic rings. The number of carbonyl (C=O) groups excluding carboxylic acids is 1. The molecule has 0 aromatic carbocycles. The second kappa shape index (κ2) is 5.88. The van der Waals surface area contributed by atoms with Gasteiger partial charge in [-0.15, -0.1) is 0 Å². The highest BCUT2D eigenvalue weighted by atomic mass is 32.1. The maximum atomic E-state index is 12.3. The molecule has 1 aliphatic heterocycles. The molecule has 1 atom stereocenters. The van der Waals surface area contributed by atoms with Crippen molar-refractivity contribution < 1.29 is 13.6 Å². The molecule has 2 heterocycles. The zero-order chi connectivity index (χ0) is 14.9. The number of aromatic nitrogens is 1. The lowest BCUT2D eigenvalue weighted by molar-refractivity contribution is 0.0625. The predicted octanol–water partition coefficient (Wildman–Crippen LogP) is 0.600. The van der Waals surface area contributed by atoms with Crippen LogP contribution in [0.15, 0.2) is 0 Å². The van der Waals surface area contributed by atoms with Gasteiger partial charge in [0.05, 0.1) is 6.54 Å². The summed E-state index contributed by atoms with van der Waals surface area (Å²) in [4.78, 5) is 19.3. The Balaban J connectivity index is 2.13. The van der Waals surface area contributed by atoms with Crippen molar-refractivity contribution in [3.05, 3.63) is 4.88 Å². The van der Waals surface area contributed by atoms with Gasteiger partial charge in [0.25, 0.3) is 12.3 Å². The number of carbonyl (C=O) groups is 1. The number of alkyl halides is 2. The molecule has 1 unspecified atom stereocenters. The average Bonchev–Trinajstić information content (AvgIpc) is 2.93. The van der Waals surface area contributed by atoms with Crippen molar-refractivity contribution in [1.29, 1.82) is 0 Å². The normalized spacial score (nSPS) is 18.9. The van der Waals surface area contributed by atoms with Crippen molar-refractivity contribution in [3.8, 4) is 0 Å². The second-order valence-corrected chi connectivity index (χ2v) is 5.76. The van der Waals surface area contributed by atoms with Crippen LogP contribution in [0.4, 0.5) is 19.7 Å². The van der Waals surface area contributed by atoms with E-state index in [1.807, 2.05) is 4.90 Å². The molecule has 0 spiro atoms. The Morgan fingerprint density at radius 1 is 1.65 bits per heavy atom. The third kappa shape index (κ3) is 3.15. The van der Waals surface area contributed by atoms with Gasteiger partial charge in [0.2, 0.25) is 0 Å². The van der Waals surface area contributed by atoms with Crippen LogP contribution in [0.5, 0.6) is 0 Å². The average molecular weight is 305 g/mol. The molecule has 6 nitrogen and oxygen atoms in total. The van der Waals surface area contributed by atoms with Crippen LogP contribution in [0.25, 0.3) is 0 Å². The summed E-state index contributed by atoms with van der Waals surface area (Å²) in [5, 5.41) is 0.615. The standard InChI is InChI=1S/C11H17F2N5OS/c1-17(5-7(12)13)10(19)8-9(15)16-11(20-8)18-3-2-6(14)4-18/h6-7H,2-5,14-15H2,1H3. The van der Waals surface area contributed by atoms with E-state index in [1.165, 1.54) is 7.05 Å². The van der Waals surface area contributed by atoms with Gasteiger partial charge in [-0.1, -0.05) is 11.3 Å². The molecule has 20 heavy (non-hydrogen) atoms. The highest BCUT2D eigenvalue weighted by Gasteiger charge is 2.26. The van der Waals surface area contributed by atoms with E-state index in [4.69, 9.17) is 11.5 Å². The van der Waals surface area contributed by atoms with Gasteiger partial charge in [-0.3, -0.25) is 4.79 Å². The lowest BCUT2D eigenvalue weighted by Gasteiger charge is -2.15. The van der Waals surface area contributed by atoms with Crippen LogP contribution >= 0.6 is 11.3 Å². The highest BCUT2D eigenvalue weighted by Crippen LogP contribution is 2.31. The third-order valence-electron chi connectivity index (χ3n) is 3.09. The predicted molar refractivity (Wildman–Crippen MR) is 74.3 cm³/mol. The van der Waals surface area contributed by atoms with Crippen LogP contribution in [-0.4, -0.2) is 54.9 Å². The van der Waals surface area contributed by atoms with Crippen molar-refractivity contribution >= 4 is 28.2 Å².